The minimum Gasteiger partial charge on any atom is -0.497 e. The predicted octanol–water partition coefficient (Wildman–Crippen LogP) is 4.09. The Kier molecular flexibility index (Phi) is 5.30. The molecule has 2 aromatic carbocycles. The molecule has 0 atom stereocenters. The normalized spacial score (nSPS) is 10.7. The Balaban J connectivity index is 1.80. The molecule has 0 saturated carbocycles. The SMILES string of the molecule is COc1ccc2[nH]c(=O)c(CN(C(=O)c3cccnc3)c3ccccc3C)cc2c1. The molecular formula is C24H21N3O3. The topological polar surface area (TPSA) is 75.3 Å². The Morgan fingerprint density at radius 3 is 2.67 bits per heavy atom. The first-order chi connectivity index (χ1) is 14.6. The van der Waals surface area contributed by atoms with E-state index in [1.165, 1.54) is 6.20 Å². The summed E-state index contributed by atoms with van der Waals surface area (Å²) in [5.41, 5.74) is 3.11. The number of nitrogens with zero attached hydrogens (tertiary/aromatic N) is 2. The van der Waals surface area contributed by atoms with Gasteiger partial charge in [-0.2, -0.15) is 0 Å². The second-order valence-electron chi connectivity index (χ2n) is 7.00. The molecular weight excluding hydrogens is 378 g/mol. The molecule has 0 radical (unpaired) electrons. The fourth-order valence-corrected chi connectivity index (χ4v) is 3.42. The van der Waals surface area contributed by atoms with Gasteiger partial charge in [0.1, 0.15) is 5.75 Å². The number of H-pyrrole nitrogens is 1. The number of ether oxygens (including phenoxy) is 1. The minimum atomic E-state index is -0.231. The van der Waals surface area contributed by atoms with E-state index in [0.717, 1.165) is 16.6 Å². The van der Waals surface area contributed by atoms with Gasteiger partial charge in [0.05, 0.1) is 19.2 Å². The Labute approximate surface area is 173 Å². The Hall–Kier alpha value is -3.93. The molecule has 4 rings (SSSR count). The fourth-order valence-electron chi connectivity index (χ4n) is 3.42. The van der Waals surface area contributed by atoms with Gasteiger partial charge in [0, 0.05) is 34.5 Å². The molecule has 0 bridgehead atoms. The molecule has 0 unspecified atom stereocenters. The molecule has 1 N–H and O–H groups in total. The van der Waals surface area contributed by atoms with Crippen molar-refractivity contribution in [3.05, 3.63) is 100 Å². The number of benzene rings is 2. The van der Waals surface area contributed by atoms with Crippen LogP contribution in [0.3, 0.4) is 0 Å². The van der Waals surface area contributed by atoms with Crippen LogP contribution >= 0.6 is 0 Å². The van der Waals surface area contributed by atoms with Crippen LogP contribution in [0.1, 0.15) is 21.5 Å². The molecule has 0 aliphatic rings. The van der Waals surface area contributed by atoms with Crippen LogP contribution in [0, 0.1) is 6.92 Å². The lowest BCUT2D eigenvalue weighted by Crippen LogP contribution is -2.33. The third kappa shape index (κ3) is 3.80. The summed E-state index contributed by atoms with van der Waals surface area (Å²) in [5.74, 6) is 0.477. The number of hydrogen-bond donors (Lipinski definition) is 1. The van der Waals surface area contributed by atoms with Crippen molar-refractivity contribution < 1.29 is 9.53 Å². The zero-order valence-corrected chi connectivity index (χ0v) is 16.8. The molecule has 1 amide bonds. The maximum Gasteiger partial charge on any atom is 0.260 e. The number of methoxy groups -OCH3 is 1. The monoisotopic (exact) mass is 399 g/mol. The number of carbonyl (C=O) groups is 1. The number of rotatable bonds is 5. The van der Waals surface area contributed by atoms with Gasteiger partial charge in [-0.25, -0.2) is 0 Å². The molecule has 2 aromatic heterocycles. The first-order valence-electron chi connectivity index (χ1n) is 9.54. The quantitative estimate of drug-likeness (QED) is 0.549. The highest BCUT2D eigenvalue weighted by Crippen LogP contribution is 2.25. The van der Waals surface area contributed by atoms with Crippen molar-refractivity contribution in [3.63, 3.8) is 0 Å². The van der Waals surface area contributed by atoms with Crippen LogP contribution in [0.2, 0.25) is 0 Å². The minimum absolute atomic E-state index is 0.126. The van der Waals surface area contributed by atoms with Gasteiger partial charge in [-0.15, -0.1) is 0 Å². The van der Waals surface area contributed by atoms with Crippen LogP contribution in [-0.2, 0) is 6.54 Å². The molecule has 0 spiro atoms. The number of carbonyl (C=O) groups excluding carboxylic acids is 1. The van der Waals surface area contributed by atoms with Crippen molar-refractivity contribution in [1.29, 1.82) is 0 Å². The van der Waals surface area contributed by atoms with Crippen LogP contribution in [0.5, 0.6) is 5.75 Å². The summed E-state index contributed by atoms with van der Waals surface area (Å²) in [6.45, 7) is 2.06. The van der Waals surface area contributed by atoms with Crippen molar-refractivity contribution >= 4 is 22.5 Å². The first-order valence-corrected chi connectivity index (χ1v) is 9.54. The lowest BCUT2D eigenvalue weighted by atomic mass is 10.1. The lowest BCUT2D eigenvalue weighted by Gasteiger charge is -2.24. The van der Waals surface area contributed by atoms with Crippen molar-refractivity contribution in [1.82, 2.24) is 9.97 Å². The van der Waals surface area contributed by atoms with Crippen LogP contribution in [0.15, 0.2) is 77.9 Å². The highest BCUT2D eigenvalue weighted by atomic mass is 16.5. The van der Waals surface area contributed by atoms with Gasteiger partial charge in [0.2, 0.25) is 0 Å². The van der Waals surface area contributed by atoms with E-state index in [1.54, 1.807) is 48.5 Å². The largest absolute Gasteiger partial charge is 0.497 e. The van der Waals surface area contributed by atoms with E-state index in [4.69, 9.17) is 4.74 Å². The fraction of sp³-hybridized carbons (Fsp3) is 0.125. The highest BCUT2D eigenvalue weighted by molar-refractivity contribution is 6.06. The summed E-state index contributed by atoms with van der Waals surface area (Å²) < 4.78 is 5.29. The lowest BCUT2D eigenvalue weighted by molar-refractivity contribution is 0.0984. The standard InChI is InChI=1S/C24H21N3O3/c1-16-6-3-4-8-22(16)27(24(29)17-7-5-11-25-14-17)15-19-12-18-13-20(30-2)9-10-21(18)26-23(19)28/h3-14H,15H2,1-2H3,(H,26,28). The number of amides is 1. The number of pyridine rings is 2. The maximum atomic E-state index is 13.3. The van der Waals surface area contributed by atoms with Crippen molar-refractivity contribution in [2.45, 2.75) is 13.5 Å². The average molecular weight is 399 g/mol. The van der Waals surface area contributed by atoms with Gasteiger partial charge in [0.25, 0.3) is 11.5 Å². The van der Waals surface area contributed by atoms with Gasteiger partial charge < -0.3 is 14.6 Å². The number of aromatic amines is 1. The van der Waals surface area contributed by atoms with E-state index < -0.39 is 0 Å². The summed E-state index contributed by atoms with van der Waals surface area (Å²) in [6, 6.07) is 18.3. The number of aromatic nitrogens is 2. The smallest absolute Gasteiger partial charge is 0.260 e. The van der Waals surface area contributed by atoms with Gasteiger partial charge in [-0.3, -0.25) is 14.6 Å². The summed E-state index contributed by atoms with van der Waals surface area (Å²) in [5, 5.41) is 0.836. The number of anilines is 1. The first kappa shape index (κ1) is 19.4. The molecule has 6 nitrogen and oxygen atoms in total. The maximum absolute atomic E-state index is 13.3. The van der Waals surface area contributed by atoms with Gasteiger partial charge in [-0.1, -0.05) is 18.2 Å². The third-order valence-electron chi connectivity index (χ3n) is 5.02. The zero-order valence-electron chi connectivity index (χ0n) is 16.8. The number of fused-ring (bicyclic) bond motifs is 1. The second kappa shape index (κ2) is 8.21. The van der Waals surface area contributed by atoms with Gasteiger partial charge in [-0.05, 0) is 55.0 Å². The Bertz CT molecular complexity index is 1270. The zero-order chi connectivity index (χ0) is 21.1. The van der Waals surface area contributed by atoms with Crippen molar-refractivity contribution in [2.75, 3.05) is 12.0 Å². The number of hydrogen-bond acceptors (Lipinski definition) is 4. The summed E-state index contributed by atoms with van der Waals surface area (Å²) in [4.78, 5) is 34.7. The number of para-hydroxylation sites is 1. The molecule has 0 aliphatic heterocycles. The van der Waals surface area contributed by atoms with Crippen molar-refractivity contribution in [3.8, 4) is 5.75 Å². The molecule has 0 saturated heterocycles. The van der Waals surface area contributed by atoms with Crippen LogP contribution in [0.4, 0.5) is 5.69 Å². The Morgan fingerprint density at radius 1 is 1.10 bits per heavy atom. The van der Waals surface area contributed by atoms with E-state index in [-0.39, 0.29) is 18.0 Å². The van der Waals surface area contributed by atoms with Gasteiger partial charge >= 0.3 is 0 Å². The number of nitrogens with one attached hydrogen (secondary N) is 1. The van der Waals surface area contributed by atoms with E-state index in [2.05, 4.69) is 9.97 Å². The van der Waals surface area contributed by atoms with Crippen LogP contribution < -0.4 is 15.2 Å². The predicted molar refractivity (Wildman–Crippen MR) is 117 cm³/mol. The number of aryl methyl sites for hydroxylation is 1. The summed E-state index contributed by atoms with van der Waals surface area (Å²) in [7, 11) is 1.60. The van der Waals surface area contributed by atoms with Gasteiger partial charge in [0.15, 0.2) is 0 Å². The third-order valence-corrected chi connectivity index (χ3v) is 5.02. The van der Waals surface area contributed by atoms with Crippen LogP contribution in [0.25, 0.3) is 10.9 Å². The molecule has 0 aliphatic carbocycles. The van der Waals surface area contributed by atoms with Crippen LogP contribution in [-0.4, -0.2) is 23.0 Å². The molecule has 150 valence electrons. The molecule has 30 heavy (non-hydrogen) atoms. The van der Waals surface area contributed by atoms with E-state index in [1.807, 2.05) is 37.3 Å². The second-order valence-corrected chi connectivity index (χ2v) is 7.00. The molecule has 0 fully saturated rings. The van der Waals surface area contributed by atoms with E-state index >= 15 is 0 Å². The molecule has 4 aromatic rings. The van der Waals surface area contributed by atoms with E-state index in [0.29, 0.717) is 22.4 Å². The Morgan fingerprint density at radius 2 is 1.93 bits per heavy atom. The van der Waals surface area contributed by atoms with Crippen molar-refractivity contribution in [2.24, 2.45) is 0 Å². The summed E-state index contributed by atoms with van der Waals surface area (Å²) in [6.07, 6.45) is 3.15. The molecule has 6 heteroatoms. The highest BCUT2D eigenvalue weighted by Gasteiger charge is 2.21. The summed E-state index contributed by atoms with van der Waals surface area (Å²) >= 11 is 0. The molecule has 2 heterocycles. The van der Waals surface area contributed by atoms with E-state index in [9.17, 15) is 9.59 Å². The average Bonchev–Trinajstić information content (AvgIpc) is 2.78.